The van der Waals surface area contributed by atoms with E-state index in [-0.39, 0.29) is 11.3 Å². The number of ketones is 1. The zero-order valence-electron chi connectivity index (χ0n) is 10.4. The van der Waals surface area contributed by atoms with Crippen molar-refractivity contribution in [1.29, 1.82) is 0 Å². The smallest absolute Gasteiger partial charge is 0.130 e. The van der Waals surface area contributed by atoms with E-state index in [1.807, 2.05) is 26.0 Å². The van der Waals surface area contributed by atoms with Crippen LogP contribution in [0, 0.1) is 0 Å². The van der Waals surface area contributed by atoms with Crippen LogP contribution in [0.15, 0.2) is 24.3 Å². The fourth-order valence-corrected chi connectivity index (χ4v) is 1.78. The van der Waals surface area contributed by atoms with Gasteiger partial charge in [0, 0.05) is 12.0 Å². The molecule has 16 heavy (non-hydrogen) atoms. The number of hydrogen-bond donors (Lipinski definition) is 1. The molecule has 1 rings (SSSR count). The van der Waals surface area contributed by atoms with Crippen molar-refractivity contribution in [3.63, 3.8) is 0 Å². The van der Waals surface area contributed by atoms with Crippen LogP contribution in [0.5, 0.6) is 0 Å². The second kappa shape index (κ2) is 5.26. The van der Waals surface area contributed by atoms with E-state index in [4.69, 9.17) is 5.73 Å². The number of carbonyl (C=O) groups is 1. The van der Waals surface area contributed by atoms with Crippen molar-refractivity contribution in [2.45, 2.75) is 45.6 Å². The van der Waals surface area contributed by atoms with E-state index in [0.717, 1.165) is 12.8 Å². The Morgan fingerprint density at radius 1 is 1.25 bits per heavy atom. The molecule has 2 heteroatoms. The third-order valence-electron chi connectivity index (χ3n) is 2.51. The second-order valence-electron chi connectivity index (χ2n) is 5.14. The summed E-state index contributed by atoms with van der Waals surface area (Å²) in [5, 5.41) is 0. The van der Waals surface area contributed by atoms with Crippen LogP contribution in [-0.2, 0) is 17.6 Å². The summed E-state index contributed by atoms with van der Waals surface area (Å²) < 4.78 is 0. The summed E-state index contributed by atoms with van der Waals surface area (Å²) in [7, 11) is 0. The molecule has 0 amide bonds. The number of carbonyl (C=O) groups excluding carboxylic acids is 1. The zero-order valence-corrected chi connectivity index (χ0v) is 10.4. The third-order valence-corrected chi connectivity index (χ3v) is 2.51. The van der Waals surface area contributed by atoms with E-state index in [9.17, 15) is 4.79 Å². The fourth-order valence-electron chi connectivity index (χ4n) is 1.78. The molecule has 0 saturated carbocycles. The SMILES string of the molecule is CC(=O)CCc1ccccc1CC(C)(C)N. The van der Waals surface area contributed by atoms with Crippen molar-refractivity contribution in [3.8, 4) is 0 Å². The number of Topliss-reactive ketones (excluding diaryl/α,β-unsaturated/α-hetero) is 1. The number of nitrogens with two attached hydrogens (primary N) is 1. The summed E-state index contributed by atoms with van der Waals surface area (Å²) in [6.07, 6.45) is 2.28. The van der Waals surface area contributed by atoms with Crippen LogP contribution < -0.4 is 5.73 Å². The second-order valence-corrected chi connectivity index (χ2v) is 5.14. The first-order valence-electron chi connectivity index (χ1n) is 5.73. The van der Waals surface area contributed by atoms with Gasteiger partial charge in [0.25, 0.3) is 0 Å². The molecule has 0 fully saturated rings. The Morgan fingerprint density at radius 3 is 2.31 bits per heavy atom. The normalized spacial score (nSPS) is 11.5. The minimum Gasteiger partial charge on any atom is -0.325 e. The van der Waals surface area contributed by atoms with Crippen molar-refractivity contribution in [2.24, 2.45) is 5.73 Å². The average molecular weight is 219 g/mol. The number of aryl methyl sites for hydroxylation is 1. The van der Waals surface area contributed by atoms with Crippen molar-refractivity contribution >= 4 is 5.78 Å². The van der Waals surface area contributed by atoms with Crippen LogP contribution >= 0.6 is 0 Å². The summed E-state index contributed by atoms with van der Waals surface area (Å²) in [6.45, 7) is 5.68. The van der Waals surface area contributed by atoms with E-state index in [1.165, 1.54) is 11.1 Å². The molecule has 0 atom stereocenters. The molecule has 0 spiro atoms. The highest BCUT2D eigenvalue weighted by Crippen LogP contribution is 2.16. The molecular formula is C14H21NO. The van der Waals surface area contributed by atoms with Gasteiger partial charge in [0.2, 0.25) is 0 Å². The predicted octanol–water partition coefficient (Wildman–Crippen LogP) is 2.49. The largest absolute Gasteiger partial charge is 0.325 e. The lowest BCUT2D eigenvalue weighted by molar-refractivity contribution is -0.116. The third kappa shape index (κ3) is 4.58. The van der Waals surface area contributed by atoms with Crippen molar-refractivity contribution < 1.29 is 4.79 Å². The minimum atomic E-state index is -0.202. The topological polar surface area (TPSA) is 43.1 Å². The first kappa shape index (κ1) is 12.9. The van der Waals surface area contributed by atoms with Gasteiger partial charge in [-0.3, -0.25) is 0 Å². The maximum Gasteiger partial charge on any atom is 0.130 e. The Morgan fingerprint density at radius 2 is 1.81 bits per heavy atom. The quantitative estimate of drug-likeness (QED) is 0.826. The molecule has 0 radical (unpaired) electrons. The Hall–Kier alpha value is -1.15. The molecule has 0 unspecified atom stereocenters. The Labute approximate surface area is 97.9 Å². The highest BCUT2D eigenvalue weighted by Gasteiger charge is 2.14. The maximum absolute atomic E-state index is 11.0. The van der Waals surface area contributed by atoms with Crippen LogP contribution in [-0.4, -0.2) is 11.3 Å². The molecule has 1 aromatic carbocycles. The molecular weight excluding hydrogens is 198 g/mol. The van der Waals surface area contributed by atoms with Gasteiger partial charge in [-0.25, -0.2) is 0 Å². The van der Waals surface area contributed by atoms with Crippen LogP contribution in [0.2, 0.25) is 0 Å². The van der Waals surface area contributed by atoms with Gasteiger partial charge in [0.1, 0.15) is 5.78 Å². The monoisotopic (exact) mass is 219 g/mol. The minimum absolute atomic E-state index is 0.202. The van der Waals surface area contributed by atoms with Crippen molar-refractivity contribution in [1.82, 2.24) is 0 Å². The van der Waals surface area contributed by atoms with Gasteiger partial charge in [0.15, 0.2) is 0 Å². The molecule has 0 bridgehead atoms. The highest BCUT2D eigenvalue weighted by atomic mass is 16.1. The van der Waals surface area contributed by atoms with Gasteiger partial charge in [-0.15, -0.1) is 0 Å². The van der Waals surface area contributed by atoms with Crippen LogP contribution in [0.3, 0.4) is 0 Å². The molecule has 88 valence electrons. The van der Waals surface area contributed by atoms with Crippen molar-refractivity contribution in [2.75, 3.05) is 0 Å². The van der Waals surface area contributed by atoms with E-state index >= 15 is 0 Å². The lowest BCUT2D eigenvalue weighted by Crippen LogP contribution is -2.34. The molecule has 0 heterocycles. The van der Waals surface area contributed by atoms with Gasteiger partial charge in [0.05, 0.1) is 0 Å². The fraction of sp³-hybridized carbons (Fsp3) is 0.500. The molecule has 2 nitrogen and oxygen atoms in total. The first-order valence-corrected chi connectivity index (χ1v) is 5.73. The summed E-state index contributed by atoms with van der Waals surface area (Å²) in [5.41, 5.74) is 8.33. The Kier molecular flexibility index (Phi) is 4.25. The zero-order chi connectivity index (χ0) is 12.2. The lowest BCUT2D eigenvalue weighted by atomic mass is 9.91. The standard InChI is InChI=1S/C14H21NO/c1-11(16)8-9-12-6-4-5-7-13(12)10-14(2,3)15/h4-7H,8-10,15H2,1-3H3. The van der Waals surface area contributed by atoms with Gasteiger partial charge < -0.3 is 10.5 Å². The maximum atomic E-state index is 11.0. The first-order chi connectivity index (χ1) is 7.38. The molecule has 2 N–H and O–H groups in total. The van der Waals surface area contributed by atoms with Gasteiger partial charge in [-0.05, 0) is 44.7 Å². The summed E-state index contributed by atoms with van der Waals surface area (Å²) in [4.78, 5) is 11.0. The Bertz CT molecular complexity index is 363. The molecule has 0 aromatic heterocycles. The number of hydrogen-bond acceptors (Lipinski definition) is 2. The Balaban J connectivity index is 2.79. The van der Waals surface area contributed by atoms with Crippen molar-refractivity contribution in [3.05, 3.63) is 35.4 Å². The number of benzene rings is 1. The van der Waals surface area contributed by atoms with E-state index in [2.05, 4.69) is 12.1 Å². The van der Waals surface area contributed by atoms with Gasteiger partial charge >= 0.3 is 0 Å². The highest BCUT2D eigenvalue weighted by molar-refractivity contribution is 5.75. The lowest BCUT2D eigenvalue weighted by Gasteiger charge is -2.20. The molecule has 0 saturated heterocycles. The molecule has 0 aliphatic rings. The summed E-state index contributed by atoms with van der Waals surface area (Å²) >= 11 is 0. The molecule has 0 aliphatic carbocycles. The predicted molar refractivity (Wildman–Crippen MR) is 67.4 cm³/mol. The summed E-state index contributed by atoms with van der Waals surface area (Å²) in [6, 6.07) is 8.23. The summed E-state index contributed by atoms with van der Waals surface area (Å²) in [5.74, 6) is 0.238. The van der Waals surface area contributed by atoms with Crippen LogP contribution in [0.25, 0.3) is 0 Å². The van der Waals surface area contributed by atoms with E-state index < -0.39 is 0 Å². The van der Waals surface area contributed by atoms with E-state index in [1.54, 1.807) is 6.92 Å². The van der Waals surface area contributed by atoms with Gasteiger partial charge in [-0.2, -0.15) is 0 Å². The van der Waals surface area contributed by atoms with E-state index in [0.29, 0.717) is 6.42 Å². The van der Waals surface area contributed by atoms with Crippen LogP contribution in [0.1, 0.15) is 38.3 Å². The molecule has 0 aliphatic heterocycles. The van der Waals surface area contributed by atoms with Gasteiger partial charge in [-0.1, -0.05) is 24.3 Å². The number of rotatable bonds is 5. The average Bonchev–Trinajstić information content (AvgIpc) is 2.14. The molecule has 1 aromatic rings. The van der Waals surface area contributed by atoms with Crippen LogP contribution in [0.4, 0.5) is 0 Å².